The predicted molar refractivity (Wildman–Crippen MR) is 120 cm³/mol. The number of methoxy groups -OCH3 is 2. The number of nitrogens with one attached hydrogen (secondary N) is 2. The van der Waals surface area contributed by atoms with Gasteiger partial charge in [0, 0.05) is 13.6 Å². The molecule has 1 aromatic heterocycles. The van der Waals surface area contributed by atoms with Crippen molar-refractivity contribution >= 4 is 5.96 Å². The van der Waals surface area contributed by atoms with Gasteiger partial charge in [-0.3, -0.25) is 0 Å². The first-order valence-electron chi connectivity index (χ1n) is 9.94. The van der Waals surface area contributed by atoms with Crippen LogP contribution in [0.3, 0.4) is 0 Å². The molecule has 2 N–H and O–H groups in total. The SMILES string of the molecule is CCNC(=NCc1ccc(OC)c(OC)c1)N(C)Cc1ncc(-c2ccccc2)[nH]1. The maximum atomic E-state index is 5.38. The van der Waals surface area contributed by atoms with Gasteiger partial charge in [0.15, 0.2) is 17.5 Å². The topological polar surface area (TPSA) is 74.8 Å². The van der Waals surface area contributed by atoms with Gasteiger partial charge in [0.05, 0.1) is 39.2 Å². The average Bonchev–Trinajstić information content (AvgIpc) is 3.25. The number of hydrogen-bond donors (Lipinski definition) is 2. The van der Waals surface area contributed by atoms with Crippen LogP contribution >= 0.6 is 0 Å². The zero-order chi connectivity index (χ0) is 21.3. The van der Waals surface area contributed by atoms with Gasteiger partial charge in [-0.25, -0.2) is 9.98 Å². The highest BCUT2D eigenvalue weighted by Gasteiger charge is 2.11. The lowest BCUT2D eigenvalue weighted by molar-refractivity contribution is 0.354. The summed E-state index contributed by atoms with van der Waals surface area (Å²) in [7, 11) is 5.27. The van der Waals surface area contributed by atoms with Crippen LogP contribution in [0.2, 0.25) is 0 Å². The summed E-state index contributed by atoms with van der Waals surface area (Å²) in [6.07, 6.45) is 1.87. The summed E-state index contributed by atoms with van der Waals surface area (Å²) in [6, 6.07) is 16.0. The van der Waals surface area contributed by atoms with E-state index in [4.69, 9.17) is 14.5 Å². The Morgan fingerprint density at radius 1 is 1.10 bits per heavy atom. The summed E-state index contributed by atoms with van der Waals surface area (Å²) in [5.41, 5.74) is 3.17. The number of rotatable bonds is 8. The molecule has 0 aliphatic carbocycles. The van der Waals surface area contributed by atoms with E-state index in [9.17, 15) is 0 Å². The third-order valence-corrected chi connectivity index (χ3v) is 4.66. The highest BCUT2D eigenvalue weighted by atomic mass is 16.5. The molecule has 3 rings (SSSR count). The summed E-state index contributed by atoms with van der Waals surface area (Å²) in [6.45, 7) is 3.98. The zero-order valence-corrected chi connectivity index (χ0v) is 18.0. The Morgan fingerprint density at radius 3 is 2.57 bits per heavy atom. The van der Waals surface area contributed by atoms with E-state index in [1.807, 2.05) is 49.6 Å². The summed E-state index contributed by atoms with van der Waals surface area (Å²) in [4.78, 5) is 14.7. The molecule has 0 saturated carbocycles. The fraction of sp³-hybridized carbons (Fsp3) is 0.304. The molecular formula is C23H29N5O2. The number of nitrogens with zero attached hydrogens (tertiary/aromatic N) is 3. The molecule has 0 amide bonds. The fourth-order valence-electron chi connectivity index (χ4n) is 3.12. The third kappa shape index (κ3) is 5.31. The van der Waals surface area contributed by atoms with Gasteiger partial charge in [-0.05, 0) is 30.2 Å². The van der Waals surface area contributed by atoms with E-state index in [0.29, 0.717) is 24.6 Å². The molecule has 1 heterocycles. The van der Waals surface area contributed by atoms with Crippen molar-refractivity contribution in [1.29, 1.82) is 0 Å². The predicted octanol–water partition coefficient (Wildman–Crippen LogP) is 3.69. The van der Waals surface area contributed by atoms with Crippen molar-refractivity contribution in [3.8, 4) is 22.8 Å². The van der Waals surface area contributed by atoms with Crippen molar-refractivity contribution in [1.82, 2.24) is 20.2 Å². The lowest BCUT2D eigenvalue weighted by Crippen LogP contribution is -2.38. The first-order valence-corrected chi connectivity index (χ1v) is 9.94. The number of benzene rings is 2. The molecule has 0 aliphatic rings. The molecule has 0 aliphatic heterocycles. The summed E-state index contributed by atoms with van der Waals surface area (Å²) in [5, 5.41) is 3.34. The molecule has 0 fully saturated rings. The molecule has 0 saturated heterocycles. The number of aromatic nitrogens is 2. The summed E-state index contributed by atoms with van der Waals surface area (Å²) in [5.74, 6) is 3.10. The number of ether oxygens (including phenoxy) is 2. The second kappa shape index (κ2) is 10.3. The second-order valence-electron chi connectivity index (χ2n) is 6.83. The molecule has 0 spiro atoms. The molecule has 158 valence electrons. The van der Waals surface area contributed by atoms with E-state index in [-0.39, 0.29) is 0 Å². The van der Waals surface area contributed by atoms with Crippen molar-refractivity contribution in [2.75, 3.05) is 27.8 Å². The molecule has 3 aromatic rings. The van der Waals surface area contributed by atoms with Gasteiger partial charge in [-0.2, -0.15) is 0 Å². The van der Waals surface area contributed by atoms with Crippen LogP contribution < -0.4 is 14.8 Å². The molecule has 30 heavy (non-hydrogen) atoms. The van der Waals surface area contributed by atoms with Gasteiger partial charge >= 0.3 is 0 Å². The van der Waals surface area contributed by atoms with Crippen LogP contribution in [0, 0.1) is 0 Å². The van der Waals surface area contributed by atoms with E-state index in [0.717, 1.165) is 35.1 Å². The largest absolute Gasteiger partial charge is 0.493 e. The standard InChI is InChI=1S/C23H29N5O2/c1-5-24-23(26-14-17-11-12-20(29-3)21(13-17)30-4)28(2)16-22-25-15-19(27-22)18-9-7-6-8-10-18/h6-13,15H,5,14,16H2,1-4H3,(H,24,26)(H,25,27). The van der Waals surface area contributed by atoms with E-state index in [2.05, 4.69) is 39.2 Å². The van der Waals surface area contributed by atoms with E-state index >= 15 is 0 Å². The number of imidazole rings is 1. The molecular weight excluding hydrogens is 378 g/mol. The number of aliphatic imine (C=N–C) groups is 1. The summed E-state index contributed by atoms with van der Waals surface area (Å²) >= 11 is 0. The lowest BCUT2D eigenvalue weighted by atomic mass is 10.2. The molecule has 0 bridgehead atoms. The van der Waals surface area contributed by atoms with Gasteiger partial charge in [0.2, 0.25) is 0 Å². The average molecular weight is 408 g/mol. The van der Waals surface area contributed by atoms with Gasteiger partial charge in [-0.1, -0.05) is 36.4 Å². The minimum Gasteiger partial charge on any atom is -0.493 e. The van der Waals surface area contributed by atoms with Crippen molar-refractivity contribution < 1.29 is 9.47 Å². The van der Waals surface area contributed by atoms with E-state index in [1.54, 1.807) is 14.2 Å². The van der Waals surface area contributed by atoms with Gasteiger partial charge < -0.3 is 24.7 Å². The Balaban J connectivity index is 1.70. The molecule has 0 atom stereocenters. The third-order valence-electron chi connectivity index (χ3n) is 4.66. The Hall–Kier alpha value is -3.48. The molecule has 0 radical (unpaired) electrons. The molecule has 7 nitrogen and oxygen atoms in total. The van der Waals surface area contributed by atoms with Crippen molar-refractivity contribution in [2.45, 2.75) is 20.0 Å². The number of guanidine groups is 1. The number of H-pyrrole nitrogens is 1. The Bertz CT molecular complexity index is 969. The summed E-state index contributed by atoms with van der Waals surface area (Å²) < 4.78 is 10.7. The Morgan fingerprint density at radius 2 is 1.87 bits per heavy atom. The Kier molecular flexibility index (Phi) is 7.32. The quantitative estimate of drug-likeness (QED) is 0.440. The van der Waals surface area contributed by atoms with Crippen molar-refractivity contribution in [3.63, 3.8) is 0 Å². The van der Waals surface area contributed by atoms with Crippen molar-refractivity contribution in [3.05, 3.63) is 66.1 Å². The van der Waals surface area contributed by atoms with Gasteiger partial charge in [0.1, 0.15) is 5.82 Å². The molecule has 7 heteroatoms. The minimum absolute atomic E-state index is 0.528. The highest BCUT2D eigenvalue weighted by molar-refractivity contribution is 5.79. The smallest absolute Gasteiger partial charge is 0.194 e. The van der Waals surface area contributed by atoms with Crippen LogP contribution in [0.15, 0.2) is 59.7 Å². The number of hydrogen-bond acceptors (Lipinski definition) is 4. The molecule has 0 unspecified atom stereocenters. The first-order chi connectivity index (χ1) is 14.6. The van der Waals surface area contributed by atoms with Crippen LogP contribution in [0.5, 0.6) is 11.5 Å². The van der Waals surface area contributed by atoms with E-state index < -0.39 is 0 Å². The van der Waals surface area contributed by atoms with Crippen LogP contribution in [-0.2, 0) is 13.1 Å². The van der Waals surface area contributed by atoms with Crippen LogP contribution in [0.1, 0.15) is 18.3 Å². The highest BCUT2D eigenvalue weighted by Crippen LogP contribution is 2.27. The fourth-order valence-corrected chi connectivity index (χ4v) is 3.12. The van der Waals surface area contributed by atoms with Gasteiger partial charge in [0.25, 0.3) is 0 Å². The van der Waals surface area contributed by atoms with Gasteiger partial charge in [-0.15, -0.1) is 0 Å². The monoisotopic (exact) mass is 407 g/mol. The Labute approximate surface area is 177 Å². The van der Waals surface area contributed by atoms with E-state index in [1.165, 1.54) is 0 Å². The van der Waals surface area contributed by atoms with Crippen LogP contribution in [0.4, 0.5) is 0 Å². The lowest BCUT2D eigenvalue weighted by Gasteiger charge is -2.21. The normalized spacial score (nSPS) is 11.3. The van der Waals surface area contributed by atoms with Crippen molar-refractivity contribution in [2.24, 2.45) is 4.99 Å². The second-order valence-corrected chi connectivity index (χ2v) is 6.83. The minimum atomic E-state index is 0.528. The van der Waals surface area contributed by atoms with Crippen LogP contribution in [0.25, 0.3) is 11.3 Å². The van der Waals surface area contributed by atoms with Crippen LogP contribution in [-0.4, -0.2) is 48.6 Å². The maximum absolute atomic E-state index is 5.38. The zero-order valence-electron chi connectivity index (χ0n) is 18.0. The molecule has 2 aromatic carbocycles. The number of aromatic amines is 1. The maximum Gasteiger partial charge on any atom is 0.194 e. The first kappa shape index (κ1) is 21.2.